The van der Waals surface area contributed by atoms with Crippen LogP contribution in [-0.2, 0) is 15.5 Å². The zero-order valence-corrected chi connectivity index (χ0v) is 9.80. The lowest BCUT2D eigenvalue weighted by molar-refractivity contribution is 0.119. The molecule has 1 aliphatic heterocycles. The molecule has 0 radical (unpaired) electrons. The number of hydrogen-bond acceptors (Lipinski definition) is 5. The van der Waals surface area contributed by atoms with E-state index >= 15 is 0 Å². The first-order valence-electron chi connectivity index (χ1n) is 5.00. The molecule has 2 rings (SSSR count). The van der Waals surface area contributed by atoms with Crippen LogP contribution in [-0.4, -0.2) is 32.7 Å². The lowest BCUT2D eigenvalue weighted by Crippen LogP contribution is -2.30. The van der Waals surface area contributed by atoms with E-state index in [0.717, 1.165) is 9.87 Å². The van der Waals surface area contributed by atoms with Crippen LogP contribution in [0.5, 0.6) is 0 Å². The van der Waals surface area contributed by atoms with Crippen LogP contribution in [0.15, 0.2) is 30.3 Å². The van der Waals surface area contributed by atoms with Crippen molar-refractivity contribution in [1.82, 2.24) is 4.31 Å². The van der Waals surface area contributed by atoms with Gasteiger partial charge in [0, 0.05) is 0 Å². The molecule has 0 aliphatic carbocycles. The van der Waals surface area contributed by atoms with Crippen molar-refractivity contribution in [1.29, 1.82) is 0 Å². The quantitative estimate of drug-likeness (QED) is 0.851. The molecule has 1 aliphatic rings. The van der Waals surface area contributed by atoms with E-state index in [9.17, 15) is 13.9 Å². The number of nitrogens with zero attached hydrogens (tertiary/aromatic N) is 1. The Hall–Kier alpha value is -1.28. The monoisotopic (exact) mass is 259 g/mol. The van der Waals surface area contributed by atoms with Crippen molar-refractivity contribution in [2.24, 2.45) is 0 Å². The highest BCUT2D eigenvalue weighted by Gasteiger charge is 2.39. The third-order valence-corrected chi connectivity index (χ3v) is 3.62. The zero-order valence-electron chi connectivity index (χ0n) is 8.98. The van der Waals surface area contributed by atoms with Gasteiger partial charge in [0.2, 0.25) is 0 Å². The molecule has 17 heavy (non-hydrogen) atoms. The largest absolute Gasteiger partial charge is 0.444 e. The van der Waals surface area contributed by atoms with Crippen molar-refractivity contribution in [2.45, 2.75) is 6.61 Å². The van der Waals surface area contributed by atoms with Gasteiger partial charge in [-0.3, -0.25) is 13.3 Å². The summed E-state index contributed by atoms with van der Waals surface area (Å²) in [4.78, 5) is 11.6. The van der Waals surface area contributed by atoms with Crippen molar-refractivity contribution in [2.75, 3.05) is 13.2 Å². The normalized spacial score (nSPS) is 20.0. The molecule has 1 amide bonds. The summed E-state index contributed by atoms with van der Waals surface area (Å²) in [7, 11) is 0. The second-order valence-corrected chi connectivity index (χ2v) is 5.05. The van der Waals surface area contributed by atoms with E-state index in [4.69, 9.17) is 4.74 Å². The zero-order chi connectivity index (χ0) is 12.3. The molecule has 0 saturated carbocycles. The minimum Gasteiger partial charge on any atom is -0.444 e. The molecule has 0 spiro atoms. The SMILES string of the molecule is O=C(OCc1ccccc1)N1CCOS1(O)O. The van der Waals surface area contributed by atoms with E-state index < -0.39 is 17.1 Å². The molecule has 1 heterocycles. The molecule has 0 bridgehead atoms. The Morgan fingerprint density at radius 1 is 1.41 bits per heavy atom. The number of hydrogen-bond donors (Lipinski definition) is 2. The number of carbonyl (C=O) groups excluding carboxylic acids is 1. The van der Waals surface area contributed by atoms with E-state index in [0.29, 0.717) is 0 Å². The third-order valence-electron chi connectivity index (χ3n) is 2.23. The fourth-order valence-electron chi connectivity index (χ4n) is 1.39. The van der Waals surface area contributed by atoms with Crippen LogP contribution in [0.1, 0.15) is 5.56 Å². The molecule has 0 atom stereocenters. The number of rotatable bonds is 2. The average Bonchev–Trinajstić information content (AvgIpc) is 2.67. The molecule has 94 valence electrons. The summed E-state index contributed by atoms with van der Waals surface area (Å²) in [6.07, 6.45) is -0.786. The van der Waals surface area contributed by atoms with Crippen LogP contribution < -0.4 is 0 Å². The van der Waals surface area contributed by atoms with Crippen molar-refractivity contribution in [3.8, 4) is 0 Å². The summed E-state index contributed by atoms with van der Waals surface area (Å²) in [5.41, 5.74) is 0.831. The van der Waals surface area contributed by atoms with Gasteiger partial charge in [0.05, 0.1) is 13.2 Å². The Balaban J connectivity index is 1.90. The topological polar surface area (TPSA) is 79.2 Å². The fraction of sp³-hybridized carbons (Fsp3) is 0.300. The van der Waals surface area contributed by atoms with Gasteiger partial charge < -0.3 is 4.74 Å². The molecule has 1 saturated heterocycles. The van der Waals surface area contributed by atoms with E-state index in [1.165, 1.54) is 0 Å². The first-order chi connectivity index (χ1) is 8.09. The molecular weight excluding hydrogens is 246 g/mol. The second-order valence-electron chi connectivity index (χ2n) is 3.43. The predicted molar refractivity (Wildman–Crippen MR) is 62.1 cm³/mol. The minimum atomic E-state index is -3.43. The van der Waals surface area contributed by atoms with Crippen molar-refractivity contribution in [3.05, 3.63) is 35.9 Å². The summed E-state index contributed by atoms with van der Waals surface area (Å²) < 4.78 is 29.1. The van der Waals surface area contributed by atoms with Gasteiger partial charge in [0.1, 0.15) is 6.61 Å². The fourth-order valence-corrected chi connectivity index (χ4v) is 2.38. The van der Waals surface area contributed by atoms with Crippen LogP contribution in [0.3, 0.4) is 0 Å². The molecular formula is C10H13NO5S. The predicted octanol–water partition coefficient (Wildman–Crippen LogP) is 2.24. The molecule has 2 N–H and O–H groups in total. The van der Waals surface area contributed by atoms with Crippen LogP contribution in [0.4, 0.5) is 4.79 Å². The van der Waals surface area contributed by atoms with Gasteiger partial charge >= 0.3 is 6.09 Å². The molecule has 1 fully saturated rings. The van der Waals surface area contributed by atoms with E-state index in [-0.39, 0.29) is 19.8 Å². The Morgan fingerprint density at radius 2 is 2.12 bits per heavy atom. The third kappa shape index (κ3) is 2.89. The smallest absolute Gasteiger partial charge is 0.424 e. The summed E-state index contributed by atoms with van der Waals surface area (Å²) in [6.45, 7) is 0.310. The van der Waals surface area contributed by atoms with E-state index in [1.54, 1.807) is 0 Å². The number of carbonyl (C=O) groups is 1. The van der Waals surface area contributed by atoms with Crippen molar-refractivity contribution >= 4 is 17.1 Å². The Morgan fingerprint density at radius 3 is 2.71 bits per heavy atom. The molecule has 6 nitrogen and oxygen atoms in total. The highest BCUT2D eigenvalue weighted by Crippen LogP contribution is 2.48. The van der Waals surface area contributed by atoms with Gasteiger partial charge in [-0.05, 0) is 5.56 Å². The highest BCUT2D eigenvalue weighted by molar-refractivity contribution is 8.18. The van der Waals surface area contributed by atoms with E-state index in [1.807, 2.05) is 30.3 Å². The van der Waals surface area contributed by atoms with Gasteiger partial charge in [-0.15, -0.1) is 0 Å². The van der Waals surface area contributed by atoms with Crippen LogP contribution in [0, 0.1) is 0 Å². The van der Waals surface area contributed by atoms with Gasteiger partial charge in [-0.2, -0.15) is 0 Å². The number of benzene rings is 1. The first-order valence-corrected chi connectivity index (χ1v) is 6.43. The lowest BCUT2D eigenvalue weighted by Gasteiger charge is -2.28. The Labute approximate surface area is 100 Å². The second kappa shape index (κ2) is 4.92. The average molecular weight is 259 g/mol. The molecule has 1 aromatic rings. The van der Waals surface area contributed by atoms with Crippen LogP contribution >= 0.6 is 11.1 Å². The Bertz CT molecular complexity index is 397. The van der Waals surface area contributed by atoms with Gasteiger partial charge in [-0.25, -0.2) is 9.10 Å². The highest BCUT2D eigenvalue weighted by atomic mass is 32.3. The van der Waals surface area contributed by atoms with Gasteiger partial charge in [0.15, 0.2) is 11.1 Å². The summed E-state index contributed by atoms with van der Waals surface area (Å²) in [5.74, 6) is 0. The molecule has 0 aromatic heterocycles. The van der Waals surface area contributed by atoms with Gasteiger partial charge in [-0.1, -0.05) is 30.3 Å². The Kier molecular flexibility index (Phi) is 3.53. The summed E-state index contributed by atoms with van der Waals surface area (Å²) in [6, 6.07) is 9.14. The summed E-state index contributed by atoms with van der Waals surface area (Å²) in [5, 5.41) is 0. The maximum absolute atomic E-state index is 11.6. The van der Waals surface area contributed by atoms with Crippen LogP contribution in [0.25, 0.3) is 0 Å². The molecule has 0 unspecified atom stereocenters. The number of ether oxygens (including phenoxy) is 1. The van der Waals surface area contributed by atoms with E-state index in [2.05, 4.69) is 4.18 Å². The van der Waals surface area contributed by atoms with Crippen molar-refractivity contribution < 1.29 is 22.8 Å². The molecule has 7 heteroatoms. The maximum atomic E-state index is 11.6. The van der Waals surface area contributed by atoms with Crippen molar-refractivity contribution in [3.63, 3.8) is 0 Å². The summed E-state index contributed by atoms with van der Waals surface area (Å²) >= 11 is -3.43. The number of amides is 1. The maximum Gasteiger partial charge on any atom is 0.424 e. The molecule has 1 aromatic carbocycles. The first kappa shape index (κ1) is 12.2. The lowest BCUT2D eigenvalue weighted by atomic mass is 10.2. The van der Waals surface area contributed by atoms with Gasteiger partial charge in [0.25, 0.3) is 0 Å². The van der Waals surface area contributed by atoms with Crippen LogP contribution in [0.2, 0.25) is 0 Å². The standard InChI is InChI=1S/C10H13NO5S/c12-10(11-6-7-16-17(11,13)14)15-8-9-4-2-1-3-5-9/h1-5,13-14H,6-8H2. The minimum absolute atomic E-state index is 0.0890.